The van der Waals surface area contributed by atoms with Crippen LogP contribution in [0.4, 0.5) is 25.0 Å². The number of likely N-dealkylation sites (N-methyl/N-ethyl adjacent to an activating group) is 2. The Morgan fingerprint density at radius 3 is 1.60 bits per heavy atom. The van der Waals surface area contributed by atoms with E-state index in [0.717, 1.165) is 84.8 Å². The number of nitrogens with one attached hydrogen (secondary N) is 1. The fourth-order valence-electron chi connectivity index (χ4n) is 5.52. The lowest BCUT2D eigenvalue weighted by Gasteiger charge is -2.37. The minimum Gasteiger partial charge on any atom is -0.493 e. The zero-order valence-electron chi connectivity index (χ0n) is 31.3. The molecule has 2 aromatic carbocycles. The molecule has 0 atom stereocenters. The number of hydrogen-bond acceptors (Lipinski definition) is 9. The summed E-state index contributed by atoms with van der Waals surface area (Å²) in [6.07, 6.45) is 1.52. The van der Waals surface area contributed by atoms with Gasteiger partial charge in [-0.25, -0.2) is 13.6 Å². The van der Waals surface area contributed by atoms with Gasteiger partial charge < -0.3 is 34.2 Å². The van der Waals surface area contributed by atoms with Crippen molar-refractivity contribution in [3.63, 3.8) is 0 Å². The second-order valence-corrected chi connectivity index (χ2v) is 13.6. The van der Waals surface area contributed by atoms with Gasteiger partial charge in [0.2, 0.25) is 0 Å². The number of nitrogens with zero attached hydrogens (tertiary/aromatic N) is 5. The molecule has 0 bridgehead atoms. The Kier molecular flexibility index (Phi) is 19.0. The van der Waals surface area contributed by atoms with Gasteiger partial charge in [-0.3, -0.25) is 9.80 Å². The number of piperazine rings is 2. The molecule has 0 aromatic heterocycles. The number of amides is 1. The van der Waals surface area contributed by atoms with E-state index in [4.69, 9.17) is 14.2 Å². The van der Waals surface area contributed by atoms with E-state index in [1.54, 1.807) is 18.0 Å². The molecule has 13 heteroatoms. The van der Waals surface area contributed by atoms with E-state index in [9.17, 15) is 13.6 Å². The number of rotatable bonds is 14. The summed E-state index contributed by atoms with van der Waals surface area (Å²) in [7, 11) is 3.72. The van der Waals surface area contributed by atoms with Crippen molar-refractivity contribution >= 4 is 29.9 Å². The molecule has 0 unspecified atom stereocenters. The van der Waals surface area contributed by atoms with E-state index in [2.05, 4.69) is 24.9 Å². The van der Waals surface area contributed by atoms with Gasteiger partial charge in [-0.05, 0) is 64.9 Å². The number of carbonyl (C=O) groups excluding carboxylic acids is 1. The van der Waals surface area contributed by atoms with Crippen LogP contribution in [0, 0.1) is 11.6 Å². The fourth-order valence-corrected chi connectivity index (χ4v) is 5.52. The molecule has 0 spiro atoms. The smallest absolute Gasteiger partial charge is 0.410 e. The Balaban J connectivity index is 0.000000353. The van der Waals surface area contributed by atoms with Crippen molar-refractivity contribution in [1.29, 1.82) is 0 Å². The topological polar surface area (TPSA) is 73.0 Å². The van der Waals surface area contributed by atoms with Gasteiger partial charge in [0.1, 0.15) is 28.7 Å². The third-order valence-electron chi connectivity index (χ3n) is 8.34. The van der Waals surface area contributed by atoms with Gasteiger partial charge in [0.15, 0.2) is 0 Å². The minimum absolute atomic E-state index is 0. The number of benzene rings is 2. The lowest BCUT2D eigenvalue weighted by atomic mass is 10.2. The van der Waals surface area contributed by atoms with E-state index >= 15 is 0 Å². The van der Waals surface area contributed by atoms with Crippen LogP contribution in [-0.2, 0) is 4.74 Å². The second-order valence-electron chi connectivity index (χ2n) is 13.6. The molecule has 2 saturated heterocycles. The normalized spacial score (nSPS) is 15.5. The molecule has 1 N–H and O–H groups in total. The van der Waals surface area contributed by atoms with Gasteiger partial charge in [0.25, 0.3) is 0 Å². The summed E-state index contributed by atoms with van der Waals surface area (Å²) in [5, 5.41) is 3.16. The van der Waals surface area contributed by atoms with Crippen LogP contribution < -0.4 is 24.6 Å². The highest BCUT2D eigenvalue weighted by Crippen LogP contribution is 2.26. The predicted octanol–water partition coefficient (Wildman–Crippen LogP) is 5.98. The van der Waals surface area contributed by atoms with E-state index in [1.807, 2.05) is 59.9 Å². The summed E-state index contributed by atoms with van der Waals surface area (Å²) in [4.78, 5) is 22.5. The molecule has 2 aromatic rings. The van der Waals surface area contributed by atoms with E-state index in [-0.39, 0.29) is 30.1 Å². The highest BCUT2D eigenvalue weighted by atomic mass is 35.5. The van der Waals surface area contributed by atoms with Crippen LogP contribution in [0.5, 0.6) is 11.5 Å². The van der Waals surface area contributed by atoms with Gasteiger partial charge in [-0.15, -0.1) is 12.4 Å². The molecular weight excluding hydrogens is 666 g/mol. The third-order valence-corrected chi connectivity index (χ3v) is 8.34. The molecular formula is C37H61ClF2N6O4. The van der Waals surface area contributed by atoms with Gasteiger partial charge in [-0.2, -0.15) is 0 Å². The van der Waals surface area contributed by atoms with Crippen LogP contribution in [-0.4, -0.2) is 132 Å². The number of carbonyl (C=O) groups is 1. The van der Waals surface area contributed by atoms with Crippen molar-refractivity contribution in [2.75, 3.05) is 116 Å². The molecule has 0 saturated carbocycles. The lowest BCUT2D eigenvalue weighted by Crippen LogP contribution is -2.49. The molecule has 2 fully saturated rings. The first-order valence-electron chi connectivity index (χ1n) is 17.8. The molecule has 2 aliphatic rings. The quantitative estimate of drug-likeness (QED) is 0.253. The number of hydrogen-bond donors (Lipinski definition) is 1. The monoisotopic (exact) mass is 726 g/mol. The van der Waals surface area contributed by atoms with Crippen molar-refractivity contribution in [1.82, 2.24) is 20.0 Å². The third kappa shape index (κ3) is 14.7. The van der Waals surface area contributed by atoms with Crippen LogP contribution in [0.3, 0.4) is 0 Å². The molecule has 2 heterocycles. The molecule has 284 valence electrons. The van der Waals surface area contributed by atoms with Crippen LogP contribution in [0.25, 0.3) is 0 Å². The minimum atomic E-state index is -0.488. The SMILES string of the molecule is CCCOc1ccc(N2CCN(CCN(C)C(=O)OC(C)(C)C)CC2)c(F)c1.CCCOc1ccc(N2CCN(CCNC)CC2)c(F)c1.Cl. The number of ether oxygens (including phenoxy) is 3. The Labute approximate surface area is 305 Å². The number of halogens is 3. The van der Waals surface area contributed by atoms with Crippen LogP contribution >= 0.6 is 12.4 Å². The summed E-state index contributed by atoms with van der Waals surface area (Å²) in [5.41, 5.74) is 0.819. The highest BCUT2D eigenvalue weighted by molar-refractivity contribution is 5.85. The van der Waals surface area contributed by atoms with Crippen molar-refractivity contribution in [3.8, 4) is 11.5 Å². The van der Waals surface area contributed by atoms with Crippen molar-refractivity contribution in [2.24, 2.45) is 0 Å². The van der Waals surface area contributed by atoms with Gasteiger partial charge >= 0.3 is 6.09 Å². The second kappa shape index (κ2) is 22.0. The molecule has 50 heavy (non-hydrogen) atoms. The predicted molar refractivity (Wildman–Crippen MR) is 202 cm³/mol. The maximum absolute atomic E-state index is 14.4. The number of anilines is 2. The maximum Gasteiger partial charge on any atom is 0.410 e. The molecule has 2 aliphatic heterocycles. The molecule has 0 radical (unpaired) electrons. The van der Waals surface area contributed by atoms with E-state index in [1.165, 1.54) is 12.1 Å². The zero-order valence-corrected chi connectivity index (χ0v) is 32.1. The molecule has 4 rings (SSSR count). The van der Waals surface area contributed by atoms with Crippen molar-refractivity contribution in [3.05, 3.63) is 48.0 Å². The Morgan fingerprint density at radius 1 is 0.780 bits per heavy atom. The first kappa shape index (κ1) is 43.1. The average molecular weight is 727 g/mol. The summed E-state index contributed by atoms with van der Waals surface area (Å²) in [5.74, 6) is 0.761. The molecule has 0 aliphatic carbocycles. The van der Waals surface area contributed by atoms with Gasteiger partial charge in [-0.1, -0.05) is 13.8 Å². The zero-order chi connectivity index (χ0) is 35.8. The Bertz CT molecular complexity index is 1270. The molecule has 1 amide bonds. The van der Waals surface area contributed by atoms with Gasteiger partial charge in [0.05, 0.1) is 24.6 Å². The highest BCUT2D eigenvalue weighted by Gasteiger charge is 2.23. The first-order chi connectivity index (χ1) is 23.4. The van der Waals surface area contributed by atoms with Crippen molar-refractivity contribution in [2.45, 2.75) is 53.1 Å². The van der Waals surface area contributed by atoms with E-state index < -0.39 is 5.60 Å². The summed E-state index contributed by atoms with van der Waals surface area (Å²) >= 11 is 0. The van der Waals surface area contributed by atoms with Crippen molar-refractivity contribution < 1.29 is 27.8 Å². The maximum atomic E-state index is 14.4. The van der Waals surface area contributed by atoms with Crippen LogP contribution in [0.15, 0.2) is 36.4 Å². The molecule has 10 nitrogen and oxygen atoms in total. The Hall–Kier alpha value is -3.06. The standard InChI is InChI=1S/C21H34FN3O3.C16H26FN3O.ClH/c1-6-15-27-17-7-8-19(18(22)16-17)25-13-11-24(12-14-25)10-9-23(5)20(26)28-21(2,3)4;1-3-12-21-14-4-5-16(15(17)13-14)20-10-8-19(9-11-20)7-6-18-2;/h7-8,16H,6,9-15H2,1-5H3;4-5,13,18H,3,6-12H2,1-2H3;1H. The van der Waals surface area contributed by atoms with Gasteiger partial charge in [0, 0.05) is 97.7 Å². The fraction of sp³-hybridized carbons (Fsp3) is 0.649. The Morgan fingerprint density at radius 2 is 1.22 bits per heavy atom. The summed E-state index contributed by atoms with van der Waals surface area (Å²) in [6.45, 7) is 21.2. The lowest BCUT2D eigenvalue weighted by molar-refractivity contribution is 0.0282. The first-order valence-corrected chi connectivity index (χ1v) is 17.8. The van der Waals surface area contributed by atoms with Crippen LogP contribution in [0.1, 0.15) is 47.5 Å². The summed E-state index contributed by atoms with van der Waals surface area (Å²) in [6, 6.07) is 10.3. The van der Waals surface area contributed by atoms with Crippen LogP contribution in [0.2, 0.25) is 0 Å². The van der Waals surface area contributed by atoms with E-state index in [0.29, 0.717) is 42.6 Å². The largest absolute Gasteiger partial charge is 0.493 e. The summed E-state index contributed by atoms with van der Waals surface area (Å²) < 4.78 is 45.0. The average Bonchev–Trinajstić information content (AvgIpc) is 3.08.